The Labute approximate surface area is 65.8 Å². The molecule has 0 heterocycles. The first kappa shape index (κ1) is 7.95. The lowest BCUT2D eigenvalue weighted by Gasteiger charge is -1.98. The minimum absolute atomic E-state index is 0.0301. The van der Waals surface area contributed by atoms with Crippen molar-refractivity contribution < 1.29 is 4.92 Å². The van der Waals surface area contributed by atoms with Crippen LogP contribution < -0.4 is 11.0 Å². The van der Waals surface area contributed by atoms with Crippen LogP contribution in [0.1, 0.15) is 0 Å². The molecule has 1 aromatic rings. The van der Waals surface area contributed by atoms with E-state index in [-0.39, 0.29) is 11.4 Å². The average molecular weight is 170 g/mol. The highest BCUT2D eigenvalue weighted by molar-refractivity contribution is 7.28. The molecule has 0 saturated heterocycles. The number of para-hydroxylation sites is 1. The average Bonchev–Trinajstić information content (AvgIpc) is 1.85. The summed E-state index contributed by atoms with van der Waals surface area (Å²) in [4.78, 5) is 9.87. The summed E-state index contributed by atoms with van der Waals surface area (Å²) >= 11 is 0. The van der Waals surface area contributed by atoms with E-state index in [0.29, 0.717) is 5.30 Å². The third kappa shape index (κ3) is 1.46. The van der Waals surface area contributed by atoms with Gasteiger partial charge in [-0.1, -0.05) is 15.3 Å². The lowest BCUT2D eigenvalue weighted by molar-refractivity contribution is -0.382. The largest absolute Gasteiger partial charge is 0.393 e. The number of hydrogen-bond donors (Lipinski definition) is 1. The summed E-state index contributed by atoms with van der Waals surface area (Å²) in [6.45, 7) is 0. The maximum Gasteiger partial charge on any atom is 0.299 e. The smallest absolute Gasteiger partial charge is 0.299 e. The monoisotopic (exact) mass is 170 g/mol. The van der Waals surface area contributed by atoms with Crippen molar-refractivity contribution in [3.8, 4) is 0 Å². The Balaban J connectivity index is 3.32. The van der Waals surface area contributed by atoms with Crippen LogP contribution >= 0.6 is 9.24 Å². The van der Waals surface area contributed by atoms with Crippen molar-refractivity contribution in [3.63, 3.8) is 0 Å². The molecule has 4 nitrogen and oxygen atoms in total. The molecular weight excluding hydrogens is 163 g/mol. The third-order valence-electron chi connectivity index (χ3n) is 1.28. The summed E-state index contributed by atoms with van der Waals surface area (Å²) in [5.41, 5.74) is 5.53. The molecule has 1 atom stereocenters. The first-order chi connectivity index (χ1) is 5.13. The van der Waals surface area contributed by atoms with E-state index in [0.717, 1.165) is 0 Å². The molecule has 5 heteroatoms. The Kier molecular flexibility index (Phi) is 2.06. The molecule has 1 unspecified atom stereocenters. The standard InChI is InChI=1S/C6H7N2O2P/c7-4-2-1-3-5(11)6(4)8(9)10/h1-3H,7,11H2. The highest BCUT2D eigenvalue weighted by atomic mass is 31.0. The van der Waals surface area contributed by atoms with Gasteiger partial charge in [-0.15, -0.1) is 0 Å². The van der Waals surface area contributed by atoms with Gasteiger partial charge >= 0.3 is 0 Å². The summed E-state index contributed by atoms with van der Waals surface area (Å²) in [6.07, 6.45) is 0. The molecule has 0 fully saturated rings. The van der Waals surface area contributed by atoms with Gasteiger partial charge in [0, 0.05) is 5.30 Å². The third-order valence-corrected chi connectivity index (χ3v) is 1.75. The highest BCUT2D eigenvalue weighted by Gasteiger charge is 2.13. The van der Waals surface area contributed by atoms with Crippen LogP contribution in [-0.2, 0) is 0 Å². The zero-order valence-corrected chi connectivity index (χ0v) is 6.81. The second kappa shape index (κ2) is 2.84. The maximum atomic E-state index is 10.4. The summed E-state index contributed by atoms with van der Waals surface area (Å²) in [6, 6.07) is 4.80. The summed E-state index contributed by atoms with van der Waals surface area (Å²) in [5, 5.41) is 10.9. The molecule has 0 spiro atoms. The van der Waals surface area contributed by atoms with Gasteiger partial charge in [-0.3, -0.25) is 10.1 Å². The quantitative estimate of drug-likeness (QED) is 0.291. The lowest BCUT2D eigenvalue weighted by atomic mass is 10.3. The van der Waals surface area contributed by atoms with Crippen LogP contribution in [-0.4, -0.2) is 4.92 Å². The number of nitrogens with two attached hydrogens (primary N) is 1. The number of nitrogens with zero attached hydrogens (tertiary/aromatic N) is 1. The van der Waals surface area contributed by atoms with Crippen LogP contribution in [0.5, 0.6) is 0 Å². The van der Waals surface area contributed by atoms with Gasteiger partial charge in [-0.25, -0.2) is 0 Å². The Bertz CT molecular complexity index is 280. The van der Waals surface area contributed by atoms with E-state index < -0.39 is 4.92 Å². The summed E-state index contributed by atoms with van der Waals surface area (Å²) in [7, 11) is 2.27. The van der Waals surface area contributed by atoms with Gasteiger partial charge in [0.15, 0.2) is 0 Å². The van der Waals surface area contributed by atoms with Crippen LogP contribution in [0, 0.1) is 10.1 Å². The number of nitrogen functional groups attached to an aromatic ring is 1. The zero-order chi connectivity index (χ0) is 8.43. The Morgan fingerprint density at radius 3 is 2.55 bits per heavy atom. The second-order valence-corrected chi connectivity index (χ2v) is 2.66. The topological polar surface area (TPSA) is 69.2 Å². The fraction of sp³-hybridized carbons (Fsp3) is 0. The van der Waals surface area contributed by atoms with Crippen molar-refractivity contribution in [2.24, 2.45) is 0 Å². The molecule has 0 saturated carbocycles. The van der Waals surface area contributed by atoms with Crippen LogP contribution in [0.2, 0.25) is 0 Å². The van der Waals surface area contributed by atoms with Crippen LogP contribution in [0.25, 0.3) is 0 Å². The molecule has 58 valence electrons. The van der Waals surface area contributed by atoms with E-state index >= 15 is 0 Å². The molecule has 1 rings (SSSR count). The number of nitro benzene ring substituents is 1. The Hall–Kier alpha value is -1.15. The number of benzene rings is 1. The van der Waals surface area contributed by atoms with Crippen LogP contribution in [0.15, 0.2) is 18.2 Å². The molecule has 1 aromatic carbocycles. The van der Waals surface area contributed by atoms with Crippen molar-refractivity contribution in [3.05, 3.63) is 28.3 Å². The van der Waals surface area contributed by atoms with Gasteiger partial charge in [0.1, 0.15) is 5.69 Å². The van der Waals surface area contributed by atoms with Crippen molar-refractivity contribution in [2.45, 2.75) is 0 Å². The highest BCUT2D eigenvalue weighted by Crippen LogP contribution is 2.19. The van der Waals surface area contributed by atoms with Crippen molar-refractivity contribution in [1.82, 2.24) is 0 Å². The van der Waals surface area contributed by atoms with Crippen molar-refractivity contribution >= 4 is 25.9 Å². The van der Waals surface area contributed by atoms with Crippen LogP contribution in [0.3, 0.4) is 0 Å². The molecule has 2 N–H and O–H groups in total. The normalized spacial score (nSPS) is 9.55. The number of anilines is 1. The van der Waals surface area contributed by atoms with Crippen molar-refractivity contribution in [1.29, 1.82) is 0 Å². The number of hydrogen-bond acceptors (Lipinski definition) is 3. The van der Waals surface area contributed by atoms with E-state index in [4.69, 9.17) is 5.73 Å². The van der Waals surface area contributed by atoms with E-state index in [1.165, 1.54) is 6.07 Å². The van der Waals surface area contributed by atoms with Crippen molar-refractivity contribution in [2.75, 3.05) is 5.73 Å². The predicted molar refractivity (Wildman–Crippen MR) is 46.9 cm³/mol. The number of rotatable bonds is 1. The number of nitro groups is 1. The van der Waals surface area contributed by atoms with Gasteiger partial charge in [0.05, 0.1) is 4.92 Å². The molecule has 11 heavy (non-hydrogen) atoms. The van der Waals surface area contributed by atoms with E-state index in [2.05, 4.69) is 9.24 Å². The first-order valence-electron chi connectivity index (χ1n) is 2.91. The molecule has 0 radical (unpaired) electrons. The SMILES string of the molecule is Nc1cccc(P)c1[N+](=O)[O-]. The molecule has 0 aliphatic rings. The molecule has 0 amide bonds. The molecular formula is C6H7N2O2P. The minimum Gasteiger partial charge on any atom is -0.393 e. The van der Waals surface area contributed by atoms with Gasteiger partial charge in [-0.2, -0.15) is 0 Å². The van der Waals surface area contributed by atoms with E-state index in [1.807, 2.05) is 0 Å². The van der Waals surface area contributed by atoms with E-state index in [1.54, 1.807) is 12.1 Å². The Morgan fingerprint density at radius 1 is 1.55 bits per heavy atom. The van der Waals surface area contributed by atoms with Gasteiger partial charge in [0.2, 0.25) is 0 Å². The van der Waals surface area contributed by atoms with E-state index in [9.17, 15) is 10.1 Å². The van der Waals surface area contributed by atoms with Gasteiger partial charge < -0.3 is 5.73 Å². The summed E-state index contributed by atoms with van der Waals surface area (Å²) < 4.78 is 0. The molecule has 0 bridgehead atoms. The predicted octanol–water partition coefficient (Wildman–Crippen LogP) is 0.677. The molecule has 0 aliphatic heterocycles. The fourth-order valence-corrected chi connectivity index (χ4v) is 1.17. The summed E-state index contributed by atoms with van der Waals surface area (Å²) in [5.74, 6) is 0. The van der Waals surface area contributed by atoms with Gasteiger partial charge in [-0.05, 0) is 12.1 Å². The second-order valence-electron chi connectivity index (χ2n) is 2.04. The van der Waals surface area contributed by atoms with Gasteiger partial charge in [0.25, 0.3) is 5.69 Å². The molecule has 0 aromatic heterocycles. The van der Waals surface area contributed by atoms with Crippen LogP contribution in [0.4, 0.5) is 11.4 Å². The molecule has 0 aliphatic carbocycles. The fourth-order valence-electron chi connectivity index (χ4n) is 0.791. The Morgan fingerprint density at radius 2 is 2.18 bits per heavy atom. The lowest BCUT2D eigenvalue weighted by Crippen LogP contribution is -2.04. The maximum absolute atomic E-state index is 10.4. The minimum atomic E-state index is -0.488. The first-order valence-corrected chi connectivity index (χ1v) is 3.49. The zero-order valence-electron chi connectivity index (χ0n) is 5.65.